The molecule has 1 N–H and O–H groups in total. The fraction of sp³-hybridized carbons (Fsp3) is 0.500. The summed E-state index contributed by atoms with van der Waals surface area (Å²) in [6.45, 7) is 5.06. The van der Waals surface area contributed by atoms with E-state index in [-0.39, 0.29) is 5.56 Å². The van der Waals surface area contributed by atoms with Crippen molar-refractivity contribution >= 4 is 0 Å². The van der Waals surface area contributed by atoms with Gasteiger partial charge in [0.25, 0.3) is 5.56 Å². The lowest BCUT2D eigenvalue weighted by Gasteiger charge is -2.23. The SMILES string of the molecule is Cc1cc(-c2nccn2CC2CCNCC2)cn(C)c1=O. The van der Waals surface area contributed by atoms with Crippen LogP contribution in [0.2, 0.25) is 0 Å². The number of nitrogens with zero attached hydrogens (tertiary/aromatic N) is 3. The Bertz CT molecular complexity index is 654. The first-order valence-corrected chi connectivity index (χ1v) is 7.54. The second-order valence-corrected chi connectivity index (χ2v) is 5.92. The molecule has 0 atom stereocenters. The molecule has 0 radical (unpaired) electrons. The number of rotatable bonds is 3. The Hall–Kier alpha value is -1.88. The zero-order valence-electron chi connectivity index (χ0n) is 12.7. The normalized spacial score (nSPS) is 16.3. The van der Waals surface area contributed by atoms with E-state index in [9.17, 15) is 4.79 Å². The van der Waals surface area contributed by atoms with Crippen LogP contribution in [-0.4, -0.2) is 27.2 Å². The Kier molecular flexibility index (Phi) is 3.92. The van der Waals surface area contributed by atoms with Crippen molar-refractivity contribution in [3.8, 4) is 11.4 Å². The van der Waals surface area contributed by atoms with E-state index in [2.05, 4.69) is 14.9 Å². The smallest absolute Gasteiger partial charge is 0.253 e. The van der Waals surface area contributed by atoms with Crippen LogP contribution in [0.4, 0.5) is 0 Å². The van der Waals surface area contributed by atoms with Crippen molar-refractivity contribution in [1.29, 1.82) is 0 Å². The summed E-state index contributed by atoms with van der Waals surface area (Å²) in [6, 6.07) is 1.93. The third-order valence-corrected chi connectivity index (χ3v) is 4.25. The summed E-state index contributed by atoms with van der Waals surface area (Å²) < 4.78 is 3.85. The van der Waals surface area contributed by atoms with Crippen LogP contribution >= 0.6 is 0 Å². The second kappa shape index (κ2) is 5.85. The molecule has 0 spiro atoms. The van der Waals surface area contributed by atoms with Crippen molar-refractivity contribution in [2.75, 3.05) is 13.1 Å². The minimum absolute atomic E-state index is 0.0511. The first-order chi connectivity index (χ1) is 10.1. The molecule has 2 aromatic rings. The van der Waals surface area contributed by atoms with Crippen molar-refractivity contribution < 1.29 is 0 Å². The highest BCUT2D eigenvalue weighted by molar-refractivity contribution is 5.55. The molecule has 5 heteroatoms. The molecule has 1 fully saturated rings. The van der Waals surface area contributed by atoms with Crippen molar-refractivity contribution in [3.63, 3.8) is 0 Å². The highest BCUT2D eigenvalue weighted by atomic mass is 16.1. The molecule has 0 aromatic carbocycles. The third-order valence-electron chi connectivity index (χ3n) is 4.25. The van der Waals surface area contributed by atoms with Gasteiger partial charge in [0.2, 0.25) is 0 Å². The fourth-order valence-electron chi connectivity index (χ4n) is 3.06. The van der Waals surface area contributed by atoms with E-state index in [1.807, 2.05) is 31.6 Å². The molecule has 0 saturated carbocycles. The molecule has 1 aliphatic rings. The van der Waals surface area contributed by atoms with E-state index in [1.165, 1.54) is 12.8 Å². The Morgan fingerprint density at radius 1 is 1.38 bits per heavy atom. The van der Waals surface area contributed by atoms with Crippen molar-refractivity contribution in [2.24, 2.45) is 13.0 Å². The van der Waals surface area contributed by atoms with Crippen LogP contribution in [0.15, 0.2) is 29.5 Å². The van der Waals surface area contributed by atoms with Gasteiger partial charge in [0.1, 0.15) is 5.82 Å². The predicted molar refractivity (Wildman–Crippen MR) is 83.2 cm³/mol. The number of imidazole rings is 1. The number of piperidine rings is 1. The van der Waals surface area contributed by atoms with Crippen LogP contribution in [-0.2, 0) is 13.6 Å². The number of nitrogens with one attached hydrogen (secondary N) is 1. The second-order valence-electron chi connectivity index (χ2n) is 5.92. The average molecular weight is 286 g/mol. The highest BCUT2D eigenvalue weighted by Crippen LogP contribution is 2.21. The van der Waals surface area contributed by atoms with Crippen LogP contribution in [0.1, 0.15) is 18.4 Å². The van der Waals surface area contributed by atoms with Gasteiger partial charge in [-0.05, 0) is 44.8 Å². The number of aryl methyl sites for hydroxylation is 2. The molecule has 0 bridgehead atoms. The van der Waals surface area contributed by atoms with Gasteiger partial charge in [0.05, 0.1) is 0 Å². The van der Waals surface area contributed by atoms with Crippen molar-refractivity contribution in [1.82, 2.24) is 19.4 Å². The van der Waals surface area contributed by atoms with E-state index in [0.717, 1.165) is 36.6 Å². The van der Waals surface area contributed by atoms with Gasteiger partial charge < -0.3 is 14.5 Å². The maximum Gasteiger partial charge on any atom is 0.253 e. The van der Waals surface area contributed by atoms with Crippen LogP contribution < -0.4 is 10.9 Å². The molecular weight excluding hydrogens is 264 g/mol. The largest absolute Gasteiger partial charge is 0.331 e. The summed E-state index contributed by atoms with van der Waals surface area (Å²) in [6.07, 6.45) is 8.18. The number of pyridine rings is 1. The van der Waals surface area contributed by atoms with Crippen LogP contribution in [0.3, 0.4) is 0 Å². The van der Waals surface area contributed by atoms with E-state index in [0.29, 0.717) is 5.92 Å². The van der Waals surface area contributed by atoms with Gasteiger partial charge in [-0.1, -0.05) is 0 Å². The maximum absolute atomic E-state index is 11.8. The molecule has 0 unspecified atom stereocenters. The lowest BCUT2D eigenvalue weighted by molar-refractivity contribution is 0.334. The predicted octanol–water partition coefficient (Wildman–Crippen LogP) is 1.56. The summed E-state index contributed by atoms with van der Waals surface area (Å²) >= 11 is 0. The van der Waals surface area contributed by atoms with Gasteiger partial charge in [0, 0.05) is 43.3 Å². The molecule has 0 amide bonds. The summed E-state index contributed by atoms with van der Waals surface area (Å²) in [4.78, 5) is 16.3. The number of hydrogen-bond donors (Lipinski definition) is 1. The lowest BCUT2D eigenvalue weighted by atomic mass is 9.98. The molecule has 5 nitrogen and oxygen atoms in total. The Morgan fingerprint density at radius 3 is 2.86 bits per heavy atom. The standard InChI is InChI=1S/C16H22N4O/c1-12-9-14(11-19(2)16(12)21)15-18-7-8-20(15)10-13-3-5-17-6-4-13/h7-9,11,13,17H,3-6,10H2,1-2H3. The third kappa shape index (κ3) is 2.93. The zero-order chi connectivity index (χ0) is 14.8. The zero-order valence-corrected chi connectivity index (χ0v) is 12.7. The van der Waals surface area contributed by atoms with Crippen LogP contribution in [0.25, 0.3) is 11.4 Å². The molecule has 3 heterocycles. The number of aromatic nitrogens is 3. The first kappa shape index (κ1) is 14.1. The molecule has 1 saturated heterocycles. The summed E-state index contributed by atoms with van der Waals surface area (Å²) in [5.41, 5.74) is 1.81. The minimum Gasteiger partial charge on any atom is -0.331 e. The Balaban J connectivity index is 1.89. The quantitative estimate of drug-likeness (QED) is 0.931. The lowest BCUT2D eigenvalue weighted by Crippen LogP contribution is -2.30. The van der Waals surface area contributed by atoms with Gasteiger partial charge >= 0.3 is 0 Å². The fourth-order valence-corrected chi connectivity index (χ4v) is 3.06. The van der Waals surface area contributed by atoms with E-state index >= 15 is 0 Å². The van der Waals surface area contributed by atoms with Gasteiger partial charge in [-0.25, -0.2) is 4.98 Å². The Labute approximate surface area is 124 Å². The summed E-state index contributed by atoms with van der Waals surface area (Å²) in [7, 11) is 1.79. The van der Waals surface area contributed by atoms with E-state index in [4.69, 9.17) is 0 Å². The molecule has 1 aliphatic heterocycles. The monoisotopic (exact) mass is 286 g/mol. The van der Waals surface area contributed by atoms with Crippen molar-refractivity contribution in [2.45, 2.75) is 26.3 Å². The van der Waals surface area contributed by atoms with E-state index in [1.54, 1.807) is 11.6 Å². The first-order valence-electron chi connectivity index (χ1n) is 7.54. The average Bonchev–Trinajstić information content (AvgIpc) is 2.93. The minimum atomic E-state index is 0.0511. The maximum atomic E-state index is 11.8. The highest BCUT2D eigenvalue weighted by Gasteiger charge is 2.16. The molecule has 3 rings (SSSR count). The van der Waals surface area contributed by atoms with Gasteiger partial charge in [0.15, 0.2) is 0 Å². The molecule has 0 aliphatic carbocycles. The molecule has 112 valence electrons. The van der Waals surface area contributed by atoms with Crippen molar-refractivity contribution in [3.05, 3.63) is 40.6 Å². The molecule has 21 heavy (non-hydrogen) atoms. The molecular formula is C16H22N4O. The summed E-state index contributed by atoms with van der Waals surface area (Å²) in [5, 5.41) is 3.40. The van der Waals surface area contributed by atoms with Gasteiger partial charge in [-0.15, -0.1) is 0 Å². The van der Waals surface area contributed by atoms with Crippen LogP contribution in [0, 0.1) is 12.8 Å². The van der Waals surface area contributed by atoms with E-state index < -0.39 is 0 Å². The van der Waals surface area contributed by atoms with Gasteiger partial charge in [-0.3, -0.25) is 4.79 Å². The molecule has 2 aromatic heterocycles. The summed E-state index contributed by atoms with van der Waals surface area (Å²) in [5.74, 6) is 1.65. The number of hydrogen-bond acceptors (Lipinski definition) is 3. The van der Waals surface area contributed by atoms with Crippen LogP contribution in [0.5, 0.6) is 0 Å². The topological polar surface area (TPSA) is 51.9 Å². The Morgan fingerprint density at radius 2 is 2.14 bits per heavy atom. The van der Waals surface area contributed by atoms with Gasteiger partial charge in [-0.2, -0.15) is 0 Å².